The molecule has 1 saturated carbocycles. The predicted octanol–water partition coefficient (Wildman–Crippen LogP) is 3.12. The third-order valence-electron chi connectivity index (χ3n) is 5.08. The summed E-state index contributed by atoms with van der Waals surface area (Å²) in [5, 5.41) is 2.01. The zero-order valence-corrected chi connectivity index (χ0v) is 15.1. The van der Waals surface area contributed by atoms with Crippen molar-refractivity contribution in [2.45, 2.75) is 44.7 Å². The van der Waals surface area contributed by atoms with Crippen molar-refractivity contribution < 1.29 is 9.59 Å². The third-order valence-corrected chi connectivity index (χ3v) is 6.06. The summed E-state index contributed by atoms with van der Waals surface area (Å²) >= 11 is 1.59. The number of hydrogen-bond acceptors (Lipinski definition) is 4. The van der Waals surface area contributed by atoms with Crippen LogP contribution < -0.4 is 4.80 Å². The number of rotatable bonds is 3. The number of aromatic nitrogens is 1. The highest BCUT2D eigenvalue weighted by Gasteiger charge is 2.35. The first-order valence-electron chi connectivity index (χ1n) is 8.77. The average Bonchev–Trinajstić information content (AvgIpc) is 3.10. The number of carbonyl (C=O) groups is 2. The van der Waals surface area contributed by atoms with E-state index in [4.69, 9.17) is 4.99 Å². The number of thiazole rings is 1. The van der Waals surface area contributed by atoms with Crippen molar-refractivity contribution in [2.24, 2.45) is 12.0 Å². The second kappa shape index (κ2) is 6.59. The van der Waals surface area contributed by atoms with Crippen LogP contribution in [-0.4, -0.2) is 27.3 Å². The van der Waals surface area contributed by atoms with E-state index >= 15 is 0 Å². The largest absolute Gasteiger partial charge is 0.322 e. The number of carbonyl (C=O) groups excluding carboxylic acids is 2. The highest BCUT2D eigenvalue weighted by atomic mass is 32.1. The Morgan fingerprint density at radius 3 is 2.36 bits per heavy atom. The van der Waals surface area contributed by atoms with Gasteiger partial charge in [-0.2, -0.15) is 0 Å². The van der Waals surface area contributed by atoms with Gasteiger partial charge in [-0.3, -0.25) is 19.5 Å². The summed E-state index contributed by atoms with van der Waals surface area (Å²) in [5.41, 5.74) is 1.93. The zero-order chi connectivity index (χ0) is 17.4. The smallest absolute Gasteiger partial charge is 0.261 e. The Balaban J connectivity index is 1.57. The van der Waals surface area contributed by atoms with Gasteiger partial charge in [0.15, 0.2) is 4.80 Å². The molecule has 1 fully saturated rings. The lowest BCUT2D eigenvalue weighted by Crippen LogP contribution is -2.31. The summed E-state index contributed by atoms with van der Waals surface area (Å²) in [6.07, 6.45) is 6.14. The van der Waals surface area contributed by atoms with E-state index in [0.29, 0.717) is 23.7 Å². The maximum absolute atomic E-state index is 12.5. The lowest BCUT2D eigenvalue weighted by molar-refractivity contribution is 0.0639. The van der Waals surface area contributed by atoms with Crippen LogP contribution in [0.25, 0.3) is 0 Å². The van der Waals surface area contributed by atoms with Crippen LogP contribution in [0.1, 0.15) is 58.5 Å². The molecule has 2 aromatic rings. The van der Waals surface area contributed by atoms with Crippen LogP contribution >= 0.6 is 11.3 Å². The number of fused-ring (bicyclic) bond motifs is 1. The normalized spacial score (nSPS) is 18.9. The molecule has 2 heterocycles. The fourth-order valence-corrected chi connectivity index (χ4v) is 4.53. The van der Waals surface area contributed by atoms with Crippen molar-refractivity contribution in [3.63, 3.8) is 0 Å². The van der Waals surface area contributed by atoms with Crippen LogP contribution in [-0.2, 0) is 13.6 Å². The van der Waals surface area contributed by atoms with Crippen molar-refractivity contribution in [3.05, 3.63) is 51.3 Å². The minimum Gasteiger partial charge on any atom is -0.322 e. The van der Waals surface area contributed by atoms with E-state index in [-0.39, 0.29) is 11.8 Å². The van der Waals surface area contributed by atoms with Gasteiger partial charge in [0.2, 0.25) is 0 Å². The summed E-state index contributed by atoms with van der Waals surface area (Å²) in [7, 11) is 1.96. The topological polar surface area (TPSA) is 54.7 Å². The SMILES string of the molecule is Cn1c(CN2C(=O)c3ccccc3C2=O)csc1=NC1CCCCC1. The van der Waals surface area contributed by atoms with E-state index in [1.54, 1.807) is 35.6 Å². The second-order valence-corrected chi connectivity index (χ2v) is 7.57. The van der Waals surface area contributed by atoms with Gasteiger partial charge >= 0.3 is 0 Å². The van der Waals surface area contributed by atoms with Gasteiger partial charge in [-0.05, 0) is 25.0 Å². The summed E-state index contributed by atoms with van der Waals surface area (Å²) < 4.78 is 2.02. The molecule has 1 aromatic carbocycles. The molecule has 1 aromatic heterocycles. The van der Waals surface area contributed by atoms with Gasteiger partial charge in [0.05, 0.1) is 23.7 Å². The lowest BCUT2D eigenvalue weighted by Gasteiger charge is -2.17. The molecule has 0 unspecified atom stereocenters. The molecule has 2 aliphatic rings. The maximum atomic E-state index is 12.5. The first kappa shape index (κ1) is 16.3. The Morgan fingerprint density at radius 2 is 1.72 bits per heavy atom. The minimum absolute atomic E-state index is 0.211. The van der Waals surface area contributed by atoms with Crippen molar-refractivity contribution in [1.29, 1.82) is 0 Å². The van der Waals surface area contributed by atoms with Crippen LogP contribution in [0.15, 0.2) is 34.6 Å². The quantitative estimate of drug-likeness (QED) is 0.795. The molecule has 1 aliphatic heterocycles. The van der Waals surface area contributed by atoms with Crippen LogP contribution in [0.4, 0.5) is 0 Å². The van der Waals surface area contributed by atoms with Crippen molar-refractivity contribution >= 4 is 23.2 Å². The van der Waals surface area contributed by atoms with Crippen LogP contribution in [0.2, 0.25) is 0 Å². The number of amides is 2. The van der Waals surface area contributed by atoms with E-state index in [1.165, 1.54) is 24.2 Å². The van der Waals surface area contributed by atoms with Crippen molar-refractivity contribution in [3.8, 4) is 0 Å². The van der Waals surface area contributed by atoms with Gasteiger partial charge in [-0.1, -0.05) is 31.4 Å². The number of imide groups is 1. The summed E-state index contributed by atoms with van der Waals surface area (Å²) in [4.78, 5) is 32.2. The third kappa shape index (κ3) is 2.95. The summed E-state index contributed by atoms with van der Waals surface area (Å²) in [6, 6.07) is 7.42. The van der Waals surface area contributed by atoms with Gasteiger partial charge in [-0.15, -0.1) is 11.3 Å². The van der Waals surface area contributed by atoms with Crippen molar-refractivity contribution in [2.75, 3.05) is 0 Å². The van der Waals surface area contributed by atoms with Crippen molar-refractivity contribution in [1.82, 2.24) is 9.47 Å². The van der Waals surface area contributed by atoms with E-state index in [1.807, 2.05) is 17.0 Å². The van der Waals surface area contributed by atoms with Gasteiger partial charge in [0.25, 0.3) is 11.8 Å². The summed E-state index contributed by atoms with van der Waals surface area (Å²) in [5.74, 6) is -0.421. The fourth-order valence-electron chi connectivity index (χ4n) is 3.57. The van der Waals surface area contributed by atoms with Gasteiger partial charge < -0.3 is 4.57 Å². The number of benzene rings is 1. The molecular weight excluding hydrogens is 334 g/mol. The number of nitrogens with zero attached hydrogens (tertiary/aromatic N) is 3. The van der Waals surface area contributed by atoms with E-state index in [0.717, 1.165) is 23.3 Å². The highest BCUT2D eigenvalue weighted by Crippen LogP contribution is 2.24. The van der Waals surface area contributed by atoms with E-state index in [2.05, 4.69) is 0 Å². The Kier molecular flexibility index (Phi) is 4.29. The maximum Gasteiger partial charge on any atom is 0.261 e. The molecule has 6 heteroatoms. The molecule has 25 heavy (non-hydrogen) atoms. The molecule has 130 valence electrons. The summed E-state index contributed by atoms with van der Waals surface area (Å²) in [6.45, 7) is 0.291. The molecule has 2 amide bonds. The monoisotopic (exact) mass is 355 g/mol. The molecule has 0 spiro atoms. The molecule has 0 radical (unpaired) electrons. The Bertz CT molecular complexity index is 855. The first-order valence-corrected chi connectivity index (χ1v) is 9.65. The Morgan fingerprint density at radius 1 is 1.08 bits per heavy atom. The second-order valence-electron chi connectivity index (χ2n) is 6.73. The molecular formula is C19H21N3O2S. The molecule has 1 aliphatic carbocycles. The lowest BCUT2D eigenvalue weighted by atomic mass is 9.96. The predicted molar refractivity (Wildman–Crippen MR) is 96.4 cm³/mol. The molecule has 0 atom stereocenters. The van der Waals surface area contributed by atoms with Crippen LogP contribution in [0.5, 0.6) is 0 Å². The van der Waals surface area contributed by atoms with E-state index in [9.17, 15) is 9.59 Å². The molecule has 4 rings (SSSR count). The number of hydrogen-bond donors (Lipinski definition) is 0. The molecule has 0 saturated heterocycles. The average molecular weight is 355 g/mol. The molecule has 5 nitrogen and oxygen atoms in total. The Hall–Kier alpha value is -2.21. The van der Waals surface area contributed by atoms with Gasteiger partial charge in [0.1, 0.15) is 0 Å². The molecule has 0 bridgehead atoms. The molecule has 0 N–H and O–H groups in total. The zero-order valence-electron chi connectivity index (χ0n) is 14.3. The Labute approximate surface area is 150 Å². The first-order chi connectivity index (χ1) is 12.1. The fraction of sp³-hybridized carbons (Fsp3) is 0.421. The van der Waals surface area contributed by atoms with E-state index < -0.39 is 0 Å². The minimum atomic E-state index is -0.211. The van der Waals surface area contributed by atoms with Crippen LogP contribution in [0.3, 0.4) is 0 Å². The van der Waals surface area contributed by atoms with Gasteiger partial charge in [-0.25, -0.2) is 0 Å². The highest BCUT2D eigenvalue weighted by molar-refractivity contribution is 7.07. The van der Waals surface area contributed by atoms with Crippen LogP contribution in [0, 0.1) is 0 Å². The van der Waals surface area contributed by atoms with Gasteiger partial charge in [0, 0.05) is 18.1 Å². The standard InChI is InChI=1S/C19H21N3O2S/c1-21-14(12-25-19(21)20-13-7-3-2-4-8-13)11-22-17(23)15-9-5-6-10-16(15)18(22)24/h5-6,9-10,12-13H,2-4,7-8,11H2,1H3.